The van der Waals surface area contributed by atoms with Crippen LogP contribution in [-0.2, 0) is 28.8 Å². The van der Waals surface area contributed by atoms with Crippen LogP contribution in [-0.4, -0.2) is 105 Å². The molecule has 0 saturated carbocycles. The second-order valence-electron chi connectivity index (χ2n) is 24.2. The van der Waals surface area contributed by atoms with Gasteiger partial charge in [-0.1, -0.05) is 40.0 Å². The molecule has 1 aromatic heterocycles. The molecule has 69 heavy (non-hydrogen) atoms. The maximum Gasteiger partial charge on any atom is 0.332 e. The van der Waals surface area contributed by atoms with E-state index in [4.69, 9.17) is 34.2 Å². The Balaban J connectivity index is 1.79. The first-order valence-electron chi connectivity index (χ1n) is 26.2. The molecule has 4 heterocycles. The number of carbonyl (C=O) groups excluding carboxylic acids is 2. The minimum atomic E-state index is -0.397. The zero-order chi connectivity index (χ0) is 51.6. The highest BCUT2D eigenvalue weighted by atomic mass is 17.2. The largest absolute Gasteiger partial charge is 0.459 e. The summed E-state index contributed by atoms with van der Waals surface area (Å²) in [7, 11) is 0. The highest BCUT2D eigenvalue weighted by molar-refractivity contribution is 5.84. The number of hydrogen-bond acceptors (Lipinski definition) is 15. The van der Waals surface area contributed by atoms with Crippen LogP contribution >= 0.6 is 0 Å². The Hall–Kier alpha value is -3.63. The molecule has 0 aliphatic carbocycles. The molecule has 0 unspecified atom stereocenters. The van der Waals surface area contributed by atoms with Crippen LogP contribution in [0.25, 0.3) is 0 Å². The van der Waals surface area contributed by atoms with E-state index in [1.165, 1.54) is 0 Å². The number of nitrogens with zero attached hydrogens (tertiary/aromatic N) is 6. The highest BCUT2D eigenvalue weighted by Gasteiger charge is 2.41. The molecule has 0 radical (unpaired) electrons. The van der Waals surface area contributed by atoms with E-state index in [2.05, 4.69) is 125 Å². The van der Waals surface area contributed by atoms with Gasteiger partial charge in [0.25, 0.3) is 0 Å². The molecular weight excluding hydrogens is 871 g/mol. The van der Waals surface area contributed by atoms with Crippen molar-refractivity contribution >= 4 is 29.8 Å². The van der Waals surface area contributed by atoms with Gasteiger partial charge in [0, 0.05) is 108 Å². The Kier molecular flexibility index (Phi) is 20.3. The third-order valence-electron chi connectivity index (χ3n) is 13.1. The Morgan fingerprint density at radius 3 is 1.10 bits per heavy atom. The van der Waals surface area contributed by atoms with Crippen molar-refractivity contribution in [3.63, 3.8) is 0 Å². The number of allylic oxidation sites excluding steroid dienone is 3. The van der Waals surface area contributed by atoms with Gasteiger partial charge >= 0.3 is 11.9 Å². The molecule has 0 bridgehead atoms. The second kappa shape index (κ2) is 24.2. The van der Waals surface area contributed by atoms with Crippen molar-refractivity contribution in [1.29, 1.82) is 0 Å². The van der Waals surface area contributed by atoms with Gasteiger partial charge in [-0.2, -0.15) is 15.0 Å². The van der Waals surface area contributed by atoms with Gasteiger partial charge in [-0.05, 0) is 142 Å². The number of ether oxygens (including phenoxy) is 2. The fourth-order valence-electron chi connectivity index (χ4n) is 11.2. The Bertz CT molecular complexity index is 1810. The molecule has 0 atom stereocenters. The quantitative estimate of drug-likeness (QED) is 0.0313. The van der Waals surface area contributed by atoms with Crippen LogP contribution in [0.1, 0.15) is 202 Å². The highest BCUT2D eigenvalue weighted by Crippen LogP contribution is 2.34. The predicted molar refractivity (Wildman–Crippen MR) is 280 cm³/mol. The van der Waals surface area contributed by atoms with Gasteiger partial charge in [-0.15, -0.1) is 0 Å². The SMILES string of the molecule is CCCCN(/C(C)=C\COOC1CC(C)(C)NC(C)(C)C1)c1nc(N(CCCC)/C(C)=C\C(=O)OC2CC(C)(C)NC(C)(C)C2)nc(N(CCCC)/C(C)=C/C(=O)OC2CC(C)(C)NC(C)(C)C2)n1. The molecular formula is C54H95N9O6. The standard InChI is InChI=1S/C54H95N9O6/c1-19-22-26-61(38(4)25-29-66-69-43-36-53(15,16)60-54(17,18)37-43)46-55-47(62(27-23-20-2)39(5)30-44(64)67-41-32-49(7,8)58-50(9,10)33-41)57-48(56-46)63(28-24-21-3)40(6)31-45(65)68-42-34-51(11,12)59-52(13,14)35-42/h25,30-31,41-43,58-60H,19-24,26-29,32-37H2,1-18H3/b38-25-,39-30-,40-31+. The van der Waals surface area contributed by atoms with Crippen molar-refractivity contribution in [3.05, 3.63) is 35.3 Å². The zero-order valence-electron chi connectivity index (χ0n) is 46.4. The molecule has 15 nitrogen and oxygen atoms in total. The topological polar surface area (TPSA) is 156 Å². The molecule has 0 amide bonds. The van der Waals surface area contributed by atoms with E-state index < -0.39 is 11.9 Å². The number of aromatic nitrogens is 3. The van der Waals surface area contributed by atoms with Crippen LogP contribution in [0.3, 0.4) is 0 Å². The first kappa shape index (κ1) is 57.9. The molecule has 3 N–H and O–H groups in total. The van der Waals surface area contributed by atoms with E-state index in [0.29, 0.717) is 74.6 Å². The molecule has 3 aliphatic heterocycles. The van der Waals surface area contributed by atoms with E-state index in [1.54, 1.807) is 12.2 Å². The number of rotatable bonds is 23. The predicted octanol–water partition coefficient (Wildman–Crippen LogP) is 10.4. The average molecular weight is 966 g/mol. The molecule has 3 saturated heterocycles. The number of esters is 2. The molecule has 392 valence electrons. The van der Waals surface area contributed by atoms with Gasteiger partial charge in [0.2, 0.25) is 17.8 Å². The van der Waals surface area contributed by atoms with Crippen molar-refractivity contribution in [3.8, 4) is 0 Å². The Morgan fingerprint density at radius 2 is 0.797 bits per heavy atom. The fourth-order valence-corrected chi connectivity index (χ4v) is 11.2. The normalized spacial score (nSPS) is 21.7. The van der Waals surface area contributed by atoms with Gasteiger partial charge in [-0.25, -0.2) is 19.4 Å². The Morgan fingerprint density at radius 1 is 0.507 bits per heavy atom. The lowest BCUT2D eigenvalue weighted by Gasteiger charge is -2.45. The number of unbranched alkanes of at least 4 members (excludes halogenated alkanes) is 3. The van der Waals surface area contributed by atoms with Crippen LogP contribution in [0.5, 0.6) is 0 Å². The Labute approximate surface area is 417 Å². The second-order valence-corrected chi connectivity index (χ2v) is 24.2. The van der Waals surface area contributed by atoms with Crippen molar-refractivity contribution in [1.82, 2.24) is 30.9 Å². The van der Waals surface area contributed by atoms with Gasteiger partial charge in [-0.3, -0.25) is 0 Å². The third kappa shape index (κ3) is 18.8. The minimum Gasteiger partial charge on any atom is -0.459 e. The summed E-state index contributed by atoms with van der Waals surface area (Å²) in [4.78, 5) is 61.4. The summed E-state index contributed by atoms with van der Waals surface area (Å²) in [5.41, 5.74) is 1.35. The molecule has 0 aromatic carbocycles. The molecule has 15 heteroatoms. The maximum atomic E-state index is 13.8. The summed E-state index contributed by atoms with van der Waals surface area (Å²) in [5, 5.41) is 11.1. The monoisotopic (exact) mass is 966 g/mol. The third-order valence-corrected chi connectivity index (χ3v) is 13.1. The summed E-state index contributed by atoms with van der Waals surface area (Å²) >= 11 is 0. The van der Waals surface area contributed by atoms with Crippen LogP contribution in [0, 0.1) is 0 Å². The van der Waals surface area contributed by atoms with E-state index >= 15 is 0 Å². The van der Waals surface area contributed by atoms with E-state index in [-0.39, 0.29) is 58.2 Å². The van der Waals surface area contributed by atoms with E-state index in [9.17, 15) is 9.59 Å². The smallest absolute Gasteiger partial charge is 0.332 e. The van der Waals surface area contributed by atoms with Gasteiger partial charge in [0.15, 0.2) is 0 Å². The number of hydrogen-bond donors (Lipinski definition) is 3. The summed E-state index contributed by atoms with van der Waals surface area (Å²) in [6, 6.07) is 0. The number of anilines is 3. The van der Waals surface area contributed by atoms with Crippen LogP contribution in [0.2, 0.25) is 0 Å². The average Bonchev–Trinajstić information content (AvgIpc) is 3.16. The van der Waals surface area contributed by atoms with Gasteiger partial charge < -0.3 is 40.1 Å². The number of nitrogens with one attached hydrogen (secondary N) is 3. The molecule has 3 fully saturated rings. The molecule has 4 rings (SSSR count). The van der Waals surface area contributed by atoms with Crippen molar-refractivity contribution < 1.29 is 28.8 Å². The summed E-state index contributed by atoms with van der Waals surface area (Å²) < 4.78 is 12.4. The van der Waals surface area contributed by atoms with Crippen LogP contribution in [0.15, 0.2) is 35.3 Å². The van der Waals surface area contributed by atoms with Gasteiger partial charge in [0.05, 0.1) is 6.10 Å². The summed E-state index contributed by atoms with van der Waals surface area (Å²) in [6.45, 7) is 40.3. The number of carbonyl (C=O) groups is 2. The lowest BCUT2D eigenvalue weighted by molar-refractivity contribution is -0.327. The first-order valence-corrected chi connectivity index (χ1v) is 26.2. The van der Waals surface area contributed by atoms with Crippen molar-refractivity contribution in [2.45, 2.75) is 253 Å². The van der Waals surface area contributed by atoms with Crippen LogP contribution in [0.4, 0.5) is 17.8 Å². The molecule has 3 aliphatic rings. The molecule has 0 spiro atoms. The minimum absolute atomic E-state index is 0.0446. The van der Waals surface area contributed by atoms with Crippen molar-refractivity contribution in [2.24, 2.45) is 0 Å². The lowest BCUT2D eigenvalue weighted by atomic mass is 9.81. The van der Waals surface area contributed by atoms with E-state index in [1.807, 2.05) is 36.6 Å². The first-order chi connectivity index (χ1) is 32.0. The number of piperidine rings is 3. The summed E-state index contributed by atoms with van der Waals surface area (Å²) in [6.07, 6.45) is 14.4. The zero-order valence-corrected chi connectivity index (χ0v) is 46.4. The lowest BCUT2D eigenvalue weighted by Crippen LogP contribution is -2.59. The fraction of sp³-hybridized carbons (Fsp3) is 0.796. The summed E-state index contributed by atoms with van der Waals surface area (Å²) in [5.74, 6) is 0.454. The van der Waals surface area contributed by atoms with Gasteiger partial charge in [0.1, 0.15) is 18.8 Å². The van der Waals surface area contributed by atoms with Crippen molar-refractivity contribution in [2.75, 3.05) is 40.9 Å². The maximum absolute atomic E-state index is 13.8. The van der Waals surface area contributed by atoms with E-state index in [0.717, 1.165) is 57.1 Å². The molecule has 1 aromatic rings. The van der Waals surface area contributed by atoms with Crippen LogP contribution < -0.4 is 30.7 Å².